The fourth-order valence-electron chi connectivity index (χ4n) is 2.92. The lowest BCUT2D eigenvalue weighted by Gasteiger charge is -2.35. The van der Waals surface area contributed by atoms with Gasteiger partial charge in [-0.1, -0.05) is 0 Å². The summed E-state index contributed by atoms with van der Waals surface area (Å²) in [5, 5.41) is 9.25. The third-order valence-electron chi connectivity index (χ3n) is 4.36. The minimum Gasteiger partial charge on any atom is -0.376 e. The van der Waals surface area contributed by atoms with Gasteiger partial charge in [-0.05, 0) is 45.8 Å². The van der Waals surface area contributed by atoms with Gasteiger partial charge < -0.3 is 14.7 Å². The van der Waals surface area contributed by atoms with Crippen LogP contribution in [0.15, 0.2) is 11.8 Å². The molecule has 0 aliphatic carbocycles. The number of likely N-dealkylation sites (tertiary alicyclic amines) is 2. The van der Waals surface area contributed by atoms with E-state index in [-0.39, 0.29) is 17.5 Å². The lowest BCUT2D eigenvalue weighted by molar-refractivity contribution is -0.128. The maximum absolute atomic E-state index is 12.4. The van der Waals surface area contributed by atoms with E-state index in [9.17, 15) is 10.1 Å². The zero-order valence-electron chi connectivity index (χ0n) is 12.5. The van der Waals surface area contributed by atoms with E-state index in [4.69, 9.17) is 0 Å². The molecule has 110 valence electrons. The van der Waals surface area contributed by atoms with E-state index < -0.39 is 0 Å². The van der Waals surface area contributed by atoms with Gasteiger partial charge in [-0.15, -0.1) is 0 Å². The molecular formula is C15H24N4O. The number of piperidine rings is 1. The van der Waals surface area contributed by atoms with Crippen molar-refractivity contribution in [3.63, 3.8) is 0 Å². The number of likely N-dealkylation sites (N-methyl/N-ethyl adjacent to an activating group) is 1. The Morgan fingerprint density at radius 2 is 1.85 bits per heavy atom. The molecule has 0 N–H and O–H groups in total. The van der Waals surface area contributed by atoms with Gasteiger partial charge in [0.1, 0.15) is 11.6 Å². The van der Waals surface area contributed by atoms with E-state index >= 15 is 0 Å². The Kier molecular flexibility index (Phi) is 5.02. The topological polar surface area (TPSA) is 50.6 Å². The smallest absolute Gasteiger partial charge is 0.265 e. The predicted molar refractivity (Wildman–Crippen MR) is 77.8 cm³/mol. The zero-order chi connectivity index (χ0) is 14.5. The van der Waals surface area contributed by atoms with Crippen LogP contribution in [0, 0.1) is 11.3 Å². The molecule has 0 saturated carbocycles. The van der Waals surface area contributed by atoms with Crippen LogP contribution in [0.1, 0.15) is 25.7 Å². The first kappa shape index (κ1) is 14.9. The number of amides is 1. The molecule has 0 radical (unpaired) electrons. The fraction of sp³-hybridized carbons (Fsp3) is 0.733. The van der Waals surface area contributed by atoms with E-state index in [2.05, 4.69) is 22.9 Å². The molecule has 0 aromatic heterocycles. The summed E-state index contributed by atoms with van der Waals surface area (Å²) in [4.78, 5) is 18.6. The van der Waals surface area contributed by atoms with Crippen molar-refractivity contribution in [2.45, 2.75) is 31.7 Å². The number of rotatable bonds is 3. The van der Waals surface area contributed by atoms with Gasteiger partial charge in [-0.25, -0.2) is 0 Å². The van der Waals surface area contributed by atoms with Crippen LogP contribution < -0.4 is 0 Å². The summed E-state index contributed by atoms with van der Waals surface area (Å²) in [6.07, 6.45) is 6.02. The van der Waals surface area contributed by atoms with E-state index in [1.165, 1.54) is 0 Å². The highest BCUT2D eigenvalue weighted by molar-refractivity contribution is 5.97. The number of hydrogen-bond donors (Lipinski definition) is 0. The fourth-order valence-corrected chi connectivity index (χ4v) is 2.92. The van der Waals surface area contributed by atoms with Crippen molar-refractivity contribution in [3.05, 3.63) is 11.8 Å². The van der Waals surface area contributed by atoms with Crippen molar-refractivity contribution in [2.75, 3.05) is 40.3 Å². The number of carbonyl (C=O) groups excluding carboxylic acids is 1. The van der Waals surface area contributed by atoms with Crippen molar-refractivity contribution < 1.29 is 4.79 Å². The summed E-state index contributed by atoms with van der Waals surface area (Å²) >= 11 is 0. The summed E-state index contributed by atoms with van der Waals surface area (Å²) in [5.41, 5.74) is 0.272. The highest BCUT2D eigenvalue weighted by Gasteiger charge is 2.26. The minimum absolute atomic E-state index is 0.131. The first-order chi connectivity index (χ1) is 9.61. The average Bonchev–Trinajstić information content (AvgIpc) is 2.97. The van der Waals surface area contributed by atoms with Crippen molar-refractivity contribution in [1.82, 2.24) is 14.7 Å². The van der Waals surface area contributed by atoms with Crippen LogP contribution in [0.3, 0.4) is 0 Å². The second kappa shape index (κ2) is 6.76. The molecule has 0 atom stereocenters. The molecule has 2 saturated heterocycles. The molecule has 0 spiro atoms. The van der Waals surface area contributed by atoms with Crippen molar-refractivity contribution >= 4 is 5.91 Å². The third kappa shape index (κ3) is 3.51. The SMILES string of the molecule is CN1CCC(N(C)C(=O)/C(C#N)=C\N2CCCC2)CC1. The Morgan fingerprint density at radius 3 is 2.40 bits per heavy atom. The highest BCUT2D eigenvalue weighted by Crippen LogP contribution is 2.17. The van der Waals surface area contributed by atoms with Crippen LogP contribution in [0.2, 0.25) is 0 Å². The van der Waals surface area contributed by atoms with E-state index in [0.717, 1.165) is 51.9 Å². The van der Waals surface area contributed by atoms with Crippen LogP contribution in [0.4, 0.5) is 0 Å². The monoisotopic (exact) mass is 276 g/mol. The number of carbonyl (C=O) groups is 1. The Hall–Kier alpha value is -1.54. The summed E-state index contributed by atoms with van der Waals surface area (Å²) < 4.78 is 0. The number of nitriles is 1. The molecule has 1 amide bonds. The lowest BCUT2D eigenvalue weighted by atomic mass is 10.0. The Morgan fingerprint density at radius 1 is 1.25 bits per heavy atom. The second-order valence-corrected chi connectivity index (χ2v) is 5.85. The molecular weight excluding hydrogens is 252 g/mol. The standard InChI is InChI=1S/C15H24N4O/c1-17-9-5-14(6-10-17)18(2)15(20)13(11-16)12-19-7-3-4-8-19/h12,14H,3-10H2,1-2H3/b13-12-. The second-order valence-electron chi connectivity index (χ2n) is 5.85. The molecule has 0 unspecified atom stereocenters. The van der Waals surface area contributed by atoms with Crippen LogP contribution in [0.5, 0.6) is 0 Å². The third-order valence-corrected chi connectivity index (χ3v) is 4.36. The quantitative estimate of drug-likeness (QED) is 0.571. The van der Waals surface area contributed by atoms with Crippen LogP contribution in [-0.4, -0.2) is 66.9 Å². The summed E-state index contributed by atoms with van der Waals surface area (Å²) in [5.74, 6) is -0.131. The van der Waals surface area contributed by atoms with Crippen molar-refractivity contribution in [3.8, 4) is 6.07 Å². The minimum atomic E-state index is -0.131. The largest absolute Gasteiger partial charge is 0.376 e. The highest BCUT2D eigenvalue weighted by atomic mass is 16.2. The summed E-state index contributed by atoms with van der Waals surface area (Å²) in [6.45, 7) is 3.94. The van der Waals surface area contributed by atoms with Gasteiger partial charge in [0.25, 0.3) is 5.91 Å². The van der Waals surface area contributed by atoms with Crippen LogP contribution in [0.25, 0.3) is 0 Å². The molecule has 2 aliphatic rings. The average molecular weight is 276 g/mol. The number of nitrogens with zero attached hydrogens (tertiary/aromatic N) is 4. The molecule has 2 rings (SSSR count). The van der Waals surface area contributed by atoms with Gasteiger partial charge >= 0.3 is 0 Å². The molecule has 5 heteroatoms. The summed E-state index contributed by atoms with van der Waals surface area (Å²) in [6, 6.07) is 2.33. The van der Waals surface area contributed by atoms with Gasteiger partial charge in [-0.3, -0.25) is 4.79 Å². The zero-order valence-corrected chi connectivity index (χ0v) is 12.5. The molecule has 0 aromatic carbocycles. The first-order valence-corrected chi connectivity index (χ1v) is 7.43. The predicted octanol–water partition coefficient (Wildman–Crippen LogP) is 1.04. The van der Waals surface area contributed by atoms with Gasteiger partial charge in [0.15, 0.2) is 0 Å². The first-order valence-electron chi connectivity index (χ1n) is 7.43. The van der Waals surface area contributed by atoms with Crippen LogP contribution >= 0.6 is 0 Å². The molecule has 5 nitrogen and oxygen atoms in total. The van der Waals surface area contributed by atoms with Gasteiger partial charge in [0, 0.05) is 32.4 Å². The van der Waals surface area contributed by atoms with E-state index in [1.54, 1.807) is 11.1 Å². The Bertz CT molecular complexity index is 412. The van der Waals surface area contributed by atoms with Gasteiger partial charge in [-0.2, -0.15) is 5.26 Å². The molecule has 20 heavy (non-hydrogen) atoms. The molecule has 0 bridgehead atoms. The maximum Gasteiger partial charge on any atom is 0.265 e. The van der Waals surface area contributed by atoms with Gasteiger partial charge in [0.2, 0.25) is 0 Å². The van der Waals surface area contributed by atoms with Crippen molar-refractivity contribution in [1.29, 1.82) is 5.26 Å². The maximum atomic E-state index is 12.4. The molecule has 0 aromatic rings. The van der Waals surface area contributed by atoms with E-state index in [1.807, 2.05) is 7.05 Å². The Labute approximate surface area is 121 Å². The summed E-state index contributed by atoms with van der Waals surface area (Å²) in [7, 11) is 3.93. The molecule has 2 fully saturated rings. The van der Waals surface area contributed by atoms with Crippen LogP contribution in [-0.2, 0) is 4.79 Å². The molecule has 2 heterocycles. The van der Waals surface area contributed by atoms with Crippen molar-refractivity contribution in [2.24, 2.45) is 0 Å². The lowest BCUT2D eigenvalue weighted by Crippen LogP contribution is -2.45. The number of hydrogen-bond acceptors (Lipinski definition) is 4. The van der Waals surface area contributed by atoms with Gasteiger partial charge in [0.05, 0.1) is 0 Å². The molecule has 2 aliphatic heterocycles. The Balaban J connectivity index is 1.99. The van der Waals surface area contributed by atoms with E-state index in [0.29, 0.717) is 0 Å². The normalized spacial score (nSPS) is 21.9.